The van der Waals surface area contributed by atoms with E-state index in [1.54, 1.807) is 24.3 Å². The van der Waals surface area contributed by atoms with E-state index in [0.717, 1.165) is 29.9 Å². The Balaban J connectivity index is 0.00000124. The Labute approximate surface area is 228 Å². The van der Waals surface area contributed by atoms with Crippen molar-refractivity contribution in [1.82, 2.24) is 0 Å². The number of carbonyl (C=O) groups is 1. The van der Waals surface area contributed by atoms with Crippen LogP contribution < -0.4 is 9.47 Å². The van der Waals surface area contributed by atoms with Crippen molar-refractivity contribution in [2.45, 2.75) is 57.7 Å². The smallest absolute Gasteiger partial charge is 0.395 e. The fourth-order valence-electron chi connectivity index (χ4n) is 3.51. The Hall–Kier alpha value is -2.78. The number of rotatable bonds is 9. The zero-order chi connectivity index (χ0) is 27.9. The van der Waals surface area contributed by atoms with E-state index < -0.39 is 17.9 Å². The second kappa shape index (κ2) is 13.3. The summed E-state index contributed by atoms with van der Waals surface area (Å²) in [6.07, 6.45) is 0.509. The van der Waals surface area contributed by atoms with Crippen molar-refractivity contribution >= 4 is 28.9 Å². The van der Waals surface area contributed by atoms with Gasteiger partial charge in [0.1, 0.15) is 28.3 Å². The molecule has 4 rings (SSSR count). The van der Waals surface area contributed by atoms with Crippen LogP contribution in [0.25, 0.3) is 10.4 Å². The number of aryl methyl sites for hydroxylation is 1. The maximum atomic E-state index is 14.7. The van der Waals surface area contributed by atoms with Crippen LogP contribution >= 0.6 is 22.9 Å². The van der Waals surface area contributed by atoms with Gasteiger partial charge in [0.2, 0.25) is 0 Å². The minimum absolute atomic E-state index is 0.0293. The molecule has 4 nitrogen and oxygen atoms in total. The Morgan fingerprint density at radius 1 is 1.08 bits per heavy atom. The molecule has 10 heteroatoms. The molecule has 38 heavy (non-hydrogen) atoms. The molecule has 0 aliphatic heterocycles. The van der Waals surface area contributed by atoms with Crippen LogP contribution in [0.4, 0.5) is 17.6 Å². The lowest BCUT2D eigenvalue weighted by Crippen LogP contribution is -2.19. The first-order valence-electron chi connectivity index (χ1n) is 12.0. The minimum Gasteiger partial charge on any atom is -0.497 e. The number of carbonyl (C=O) groups excluding carboxylic acids is 1. The molecule has 1 fully saturated rings. The second-order valence-electron chi connectivity index (χ2n) is 8.78. The Kier molecular flexibility index (Phi) is 10.4. The lowest BCUT2D eigenvalue weighted by Gasteiger charge is -2.19. The topological polar surface area (TPSA) is 44.8 Å². The summed E-state index contributed by atoms with van der Waals surface area (Å²) < 4.78 is 71.8. The molecule has 0 radical (unpaired) electrons. The molecule has 2 aromatic carbocycles. The van der Waals surface area contributed by atoms with E-state index in [1.807, 2.05) is 0 Å². The van der Waals surface area contributed by atoms with Crippen molar-refractivity contribution in [3.63, 3.8) is 0 Å². The number of thiophene rings is 1. The van der Waals surface area contributed by atoms with Crippen molar-refractivity contribution < 1.29 is 36.6 Å². The maximum Gasteiger partial charge on any atom is 0.395 e. The number of methoxy groups -OCH3 is 2. The van der Waals surface area contributed by atoms with Crippen LogP contribution in [0.15, 0.2) is 42.5 Å². The van der Waals surface area contributed by atoms with Gasteiger partial charge < -0.3 is 14.2 Å². The predicted octanol–water partition coefficient (Wildman–Crippen LogP) is 8.74. The molecule has 1 heterocycles. The third-order valence-corrected chi connectivity index (χ3v) is 7.35. The molecule has 1 aliphatic rings. The van der Waals surface area contributed by atoms with Gasteiger partial charge in [0.05, 0.1) is 20.1 Å². The van der Waals surface area contributed by atoms with Crippen LogP contribution in [0, 0.1) is 5.82 Å². The summed E-state index contributed by atoms with van der Waals surface area (Å²) in [6, 6.07) is 10.7. The molecule has 1 atom stereocenters. The number of halogens is 5. The number of esters is 1. The Bertz CT molecular complexity index is 1240. The highest BCUT2D eigenvalue weighted by Crippen LogP contribution is 2.49. The van der Waals surface area contributed by atoms with Gasteiger partial charge in [0.15, 0.2) is 0 Å². The van der Waals surface area contributed by atoms with Gasteiger partial charge in [0, 0.05) is 22.4 Å². The van der Waals surface area contributed by atoms with Gasteiger partial charge in [0.25, 0.3) is 0 Å². The van der Waals surface area contributed by atoms with Gasteiger partial charge >= 0.3 is 12.1 Å². The van der Waals surface area contributed by atoms with E-state index in [4.69, 9.17) is 21.1 Å². The first-order valence-corrected chi connectivity index (χ1v) is 13.2. The number of benzene rings is 2. The van der Waals surface area contributed by atoms with Gasteiger partial charge in [-0.1, -0.05) is 43.0 Å². The highest BCUT2D eigenvalue weighted by atomic mass is 35.5. The highest BCUT2D eigenvalue weighted by Gasteiger charge is 2.41. The molecule has 1 unspecified atom stereocenters. The molecule has 0 bridgehead atoms. The van der Waals surface area contributed by atoms with Gasteiger partial charge in [-0.3, -0.25) is 4.79 Å². The fraction of sp³-hybridized carbons (Fsp3) is 0.393. The predicted molar refractivity (Wildman–Crippen MR) is 141 cm³/mol. The van der Waals surface area contributed by atoms with Crippen molar-refractivity contribution in [2.24, 2.45) is 0 Å². The second-order valence-corrected chi connectivity index (χ2v) is 10.4. The maximum absolute atomic E-state index is 14.7. The van der Waals surface area contributed by atoms with Crippen molar-refractivity contribution in [1.29, 1.82) is 0 Å². The molecule has 0 saturated heterocycles. The average Bonchev–Trinajstić information content (AvgIpc) is 3.74. The van der Waals surface area contributed by atoms with E-state index in [-0.39, 0.29) is 44.9 Å². The molecule has 0 N–H and O–H groups in total. The molecular weight excluding hydrogens is 544 g/mol. The van der Waals surface area contributed by atoms with Crippen LogP contribution in [0.2, 0.25) is 4.34 Å². The van der Waals surface area contributed by atoms with Gasteiger partial charge in [-0.25, -0.2) is 4.39 Å². The van der Waals surface area contributed by atoms with Crippen molar-refractivity contribution in [3.05, 3.63) is 69.3 Å². The van der Waals surface area contributed by atoms with Crippen LogP contribution in [-0.2, 0) is 22.6 Å². The summed E-state index contributed by atoms with van der Waals surface area (Å²) >= 11 is 7.25. The van der Waals surface area contributed by atoms with E-state index in [0.29, 0.717) is 17.9 Å². The summed E-state index contributed by atoms with van der Waals surface area (Å²) in [5.41, 5.74) is 0.769. The van der Waals surface area contributed by atoms with E-state index >= 15 is 0 Å². The molecule has 3 aromatic rings. The number of ether oxygens (including phenoxy) is 3. The zero-order valence-electron chi connectivity index (χ0n) is 21.3. The third-order valence-electron chi connectivity index (χ3n) is 5.82. The summed E-state index contributed by atoms with van der Waals surface area (Å²) in [7, 11) is 2.69. The standard InChI is InChI=1S/C25H23ClF4O4S.C3H6/c1-14(25(28,29)30)22-19(13-34-17-6-4-5-15(11-17)7-10-21(31)33-3)24(26)35-23(22)18-12-16(32-2)8-9-20(18)27;1-2-3-1/h4-6,8-9,11-12,14H,7,10,13H2,1-3H3;1-3H2. The van der Waals surface area contributed by atoms with Crippen molar-refractivity contribution in [3.8, 4) is 21.9 Å². The molecule has 1 aromatic heterocycles. The first kappa shape index (κ1) is 29.8. The number of alkyl halides is 3. The quantitative estimate of drug-likeness (QED) is 0.190. The summed E-state index contributed by atoms with van der Waals surface area (Å²) in [5.74, 6) is -2.26. The first-order chi connectivity index (χ1) is 18.0. The Morgan fingerprint density at radius 2 is 1.79 bits per heavy atom. The van der Waals surface area contributed by atoms with Crippen LogP contribution in [0.5, 0.6) is 11.5 Å². The minimum atomic E-state index is -4.59. The number of hydrogen-bond donors (Lipinski definition) is 0. The normalized spacial score (nSPS) is 13.3. The summed E-state index contributed by atoms with van der Waals surface area (Å²) in [5, 5.41) is 0. The lowest BCUT2D eigenvalue weighted by atomic mass is 9.94. The number of hydrogen-bond acceptors (Lipinski definition) is 5. The lowest BCUT2D eigenvalue weighted by molar-refractivity contribution is -0.146. The van der Waals surface area contributed by atoms with Crippen molar-refractivity contribution in [2.75, 3.05) is 14.2 Å². The monoisotopic (exact) mass is 572 g/mol. The molecular formula is C28H29ClF4O4S. The zero-order valence-corrected chi connectivity index (χ0v) is 22.9. The summed E-state index contributed by atoms with van der Waals surface area (Å²) in [6.45, 7) is 0.758. The van der Waals surface area contributed by atoms with Crippen LogP contribution in [0.3, 0.4) is 0 Å². The molecule has 0 amide bonds. The van der Waals surface area contributed by atoms with E-state index in [9.17, 15) is 22.4 Å². The van der Waals surface area contributed by atoms with Gasteiger partial charge in [-0.15, -0.1) is 11.3 Å². The third kappa shape index (κ3) is 8.11. The SMILES string of the molecule is C1CC1.COC(=O)CCc1cccc(OCc2c(Cl)sc(-c3cc(OC)ccc3F)c2C(C)C(F)(F)F)c1. The van der Waals surface area contributed by atoms with Crippen LogP contribution in [0.1, 0.15) is 55.2 Å². The van der Waals surface area contributed by atoms with Gasteiger partial charge in [-0.05, 0) is 54.8 Å². The molecule has 1 saturated carbocycles. The Morgan fingerprint density at radius 3 is 2.39 bits per heavy atom. The molecule has 206 valence electrons. The molecule has 0 spiro atoms. The fourth-order valence-corrected chi connectivity index (χ4v) is 5.04. The average molecular weight is 573 g/mol. The van der Waals surface area contributed by atoms with E-state index in [1.165, 1.54) is 45.6 Å². The van der Waals surface area contributed by atoms with Crippen LogP contribution in [-0.4, -0.2) is 26.4 Å². The summed E-state index contributed by atoms with van der Waals surface area (Å²) in [4.78, 5) is 11.5. The van der Waals surface area contributed by atoms with E-state index in [2.05, 4.69) is 4.74 Å². The largest absolute Gasteiger partial charge is 0.497 e. The highest BCUT2D eigenvalue weighted by molar-refractivity contribution is 7.19. The molecule has 1 aliphatic carbocycles. The van der Waals surface area contributed by atoms with Gasteiger partial charge in [-0.2, -0.15) is 13.2 Å².